The maximum Gasteiger partial charge on any atom is 0.410 e. The number of nitrogens with zero attached hydrogens (tertiary/aromatic N) is 5. The Labute approximate surface area is 280 Å². The van der Waals surface area contributed by atoms with Crippen LogP contribution in [0.3, 0.4) is 0 Å². The van der Waals surface area contributed by atoms with Gasteiger partial charge in [0.25, 0.3) is 22.7 Å². The molecule has 1 amide bonds. The largest absolute Gasteiger partial charge is 0.444 e. The van der Waals surface area contributed by atoms with Crippen molar-refractivity contribution in [3.63, 3.8) is 0 Å². The van der Waals surface area contributed by atoms with E-state index >= 15 is 0 Å². The Balaban J connectivity index is 0.000000276. The van der Waals surface area contributed by atoms with Crippen molar-refractivity contribution in [3.05, 3.63) is 160 Å². The second-order valence-electron chi connectivity index (χ2n) is 11.6. The van der Waals surface area contributed by atoms with Gasteiger partial charge in [0.2, 0.25) is 0 Å². The average molecular weight is 675 g/mol. The van der Waals surface area contributed by atoms with E-state index in [1.807, 2.05) is 0 Å². The van der Waals surface area contributed by atoms with E-state index in [1.165, 1.54) is 53.4 Å². The van der Waals surface area contributed by atoms with Gasteiger partial charge < -0.3 is 10.1 Å². The SMILES string of the molecule is CC(C)(C)OC(=O)N(Cc1ccc([N+](=O)[O-])cc1)Cc1ccc([N+](=O)[O-])cc1.O=[N+]([O-])c1ccc(CNCc2ccc([N+](=O)[O-])cc2)cc1. The summed E-state index contributed by atoms with van der Waals surface area (Å²) in [6.07, 6.45) is -0.552. The molecule has 0 unspecified atom stereocenters. The zero-order chi connectivity index (χ0) is 36.1. The average Bonchev–Trinajstić information content (AvgIpc) is 3.05. The normalized spacial score (nSPS) is 10.7. The van der Waals surface area contributed by atoms with Gasteiger partial charge in [0.1, 0.15) is 5.60 Å². The first-order valence-corrected chi connectivity index (χ1v) is 14.7. The number of nitro benzene ring substituents is 4. The summed E-state index contributed by atoms with van der Waals surface area (Å²) in [6, 6.07) is 24.4. The van der Waals surface area contributed by atoms with Gasteiger partial charge in [0.15, 0.2) is 0 Å². The molecular weight excluding hydrogens is 640 g/mol. The Morgan fingerprint density at radius 1 is 0.551 bits per heavy atom. The van der Waals surface area contributed by atoms with Crippen LogP contribution in [0.25, 0.3) is 0 Å². The maximum absolute atomic E-state index is 12.6. The summed E-state index contributed by atoms with van der Waals surface area (Å²) >= 11 is 0. The molecule has 49 heavy (non-hydrogen) atoms. The van der Waals surface area contributed by atoms with Gasteiger partial charge in [-0.3, -0.25) is 45.4 Å². The highest BCUT2D eigenvalue weighted by Gasteiger charge is 2.23. The number of ether oxygens (including phenoxy) is 1. The van der Waals surface area contributed by atoms with Crippen molar-refractivity contribution in [3.8, 4) is 0 Å². The monoisotopic (exact) mass is 674 g/mol. The molecule has 256 valence electrons. The minimum atomic E-state index is -0.694. The lowest BCUT2D eigenvalue weighted by Crippen LogP contribution is -2.36. The molecule has 4 aromatic carbocycles. The fraction of sp³-hybridized carbons (Fsp3) is 0.242. The summed E-state index contributed by atoms with van der Waals surface area (Å²) < 4.78 is 5.44. The number of carbonyl (C=O) groups is 1. The lowest BCUT2D eigenvalue weighted by molar-refractivity contribution is -0.385. The summed E-state index contributed by atoms with van der Waals surface area (Å²) in [6.45, 7) is 6.72. The molecule has 0 atom stereocenters. The van der Waals surface area contributed by atoms with Crippen molar-refractivity contribution in [1.29, 1.82) is 0 Å². The zero-order valence-corrected chi connectivity index (χ0v) is 26.9. The number of carbonyl (C=O) groups excluding carboxylic acids is 1. The highest BCUT2D eigenvalue weighted by Crippen LogP contribution is 2.20. The summed E-state index contributed by atoms with van der Waals surface area (Å²) in [5.41, 5.74) is 2.61. The molecule has 0 aromatic heterocycles. The van der Waals surface area contributed by atoms with E-state index in [9.17, 15) is 45.3 Å². The van der Waals surface area contributed by atoms with Gasteiger partial charge in [0, 0.05) is 74.7 Å². The molecule has 16 heteroatoms. The van der Waals surface area contributed by atoms with Crippen LogP contribution >= 0.6 is 0 Å². The van der Waals surface area contributed by atoms with Gasteiger partial charge in [-0.2, -0.15) is 0 Å². The molecule has 4 aromatic rings. The molecule has 0 fully saturated rings. The van der Waals surface area contributed by atoms with Crippen LogP contribution in [-0.2, 0) is 30.9 Å². The fourth-order valence-electron chi connectivity index (χ4n) is 4.22. The lowest BCUT2D eigenvalue weighted by atomic mass is 10.1. The smallest absolute Gasteiger partial charge is 0.410 e. The van der Waals surface area contributed by atoms with Crippen LogP contribution in [0, 0.1) is 40.5 Å². The first-order chi connectivity index (χ1) is 23.1. The van der Waals surface area contributed by atoms with E-state index in [-0.39, 0.29) is 35.8 Å². The first kappa shape index (κ1) is 37.2. The summed E-state index contributed by atoms with van der Waals surface area (Å²) in [5.74, 6) is 0. The van der Waals surface area contributed by atoms with Crippen LogP contribution in [-0.4, -0.2) is 36.3 Å². The van der Waals surface area contributed by atoms with Gasteiger partial charge in [-0.05, 0) is 43.0 Å². The van der Waals surface area contributed by atoms with Crippen LogP contribution in [0.1, 0.15) is 43.0 Å². The molecule has 0 radical (unpaired) electrons. The van der Waals surface area contributed by atoms with Crippen molar-refractivity contribution < 1.29 is 29.2 Å². The third-order valence-electron chi connectivity index (χ3n) is 6.65. The molecule has 0 bridgehead atoms. The van der Waals surface area contributed by atoms with Crippen LogP contribution < -0.4 is 5.32 Å². The highest BCUT2D eigenvalue weighted by atomic mass is 16.6. The number of rotatable bonds is 12. The minimum absolute atomic E-state index is 0.0389. The number of nitrogens with one attached hydrogen (secondary N) is 1. The zero-order valence-electron chi connectivity index (χ0n) is 26.9. The minimum Gasteiger partial charge on any atom is -0.444 e. The van der Waals surface area contributed by atoms with Crippen molar-refractivity contribution in [1.82, 2.24) is 10.2 Å². The molecule has 0 heterocycles. The molecule has 0 aliphatic carbocycles. The molecule has 4 rings (SSSR count). The number of nitro groups is 4. The van der Waals surface area contributed by atoms with E-state index in [0.29, 0.717) is 24.2 Å². The van der Waals surface area contributed by atoms with Gasteiger partial charge in [-0.15, -0.1) is 0 Å². The van der Waals surface area contributed by atoms with Gasteiger partial charge in [-0.25, -0.2) is 4.79 Å². The van der Waals surface area contributed by atoms with Gasteiger partial charge in [0.05, 0.1) is 19.7 Å². The van der Waals surface area contributed by atoms with Crippen molar-refractivity contribution in [2.45, 2.75) is 52.6 Å². The molecule has 16 nitrogen and oxygen atoms in total. The number of hydrogen-bond acceptors (Lipinski definition) is 11. The molecule has 0 saturated carbocycles. The fourth-order valence-corrected chi connectivity index (χ4v) is 4.22. The van der Waals surface area contributed by atoms with E-state index in [0.717, 1.165) is 11.1 Å². The topological polar surface area (TPSA) is 214 Å². The van der Waals surface area contributed by atoms with Crippen molar-refractivity contribution >= 4 is 28.8 Å². The first-order valence-electron chi connectivity index (χ1n) is 14.7. The Hall–Kier alpha value is -6.29. The van der Waals surface area contributed by atoms with Crippen LogP contribution in [0.5, 0.6) is 0 Å². The quantitative estimate of drug-likeness (QED) is 0.117. The second-order valence-corrected chi connectivity index (χ2v) is 11.6. The summed E-state index contributed by atoms with van der Waals surface area (Å²) in [7, 11) is 0. The Kier molecular flexibility index (Phi) is 12.9. The molecule has 1 N–H and O–H groups in total. The highest BCUT2D eigenvalue weighted by molar-refractivity contribution is 5.68. The third-order valence-corrected chi connectivity index (χ3v) is 6.65. The number of non-ortho nitro benzene ring substituents is 4. The molecule has 0 aliphatic rings. The summed E-state index contributed by atoms with van der Waals surface area (Å²) in [4.78, 5) is 54.8. The van der Waals surface area contributed by atoms with E-state index in [1.54, 1.807) is 69.3 Å². The Morgan fingerprint density at radius 2 is 0.816 bits per heavy atom. The van der Waals surface area contributed by atoms with Gasteiger partial charge in [-0.1, -0.05) is 48.5 Å². The number of benzene rings is 4. The Morgan fingerprint density at radius 3 is 1.06 bits per heavy atom. The third kappa shape index (κ3) is 12.4. The second kappa shape index (κ2) is 17.0. The maximum atomic E-state index is 12.6. The predicted octanol–water partition coefficient (Wildman–Crippen LogP) is 7.23. The van der Waals surface area contributed by atoms with Gasteiger partial charge >= 0.3 is 6.09 Å². The summed E-state index contributed by atoms with van der Waals surface area (Å²) in [5, 5.41) is 45.8. The standard InChI is InChI=1S/C19H21N3O6.C14H13N3O4/c1-19(2,3)28-18(23)20(12-14-4-8-16(9-5-14)21(24)25)13-15-6-10-17(11-7-15)22(26)27;18-16(19)13-5-1-11(2-6-13)9-15-10-12-3-7-14(8-4-12)17(20)21/h4-11H,12-13H2,1-3H3;1-8,15H,9-10H2. The molecule has 0 aliphatic heterocycles. The molecule has 0 saturated heterocycles. The molecule has 0 spiro atoms. The van der Waals surface area contributed by atoms with E-state index < -0.39 is 31.4 Å². The Bertz CT molecular complexity index is 1640. The predicted molar refractivity (Wildman–Crippen MR) is 178 cm³/mol. The van der Waals surface area contributed by atoms with Crippen LogP contribution in [0.15, 0.2) is 97.1 Å². The number of amides is 1. The van der Waals surface area contributed by atoms with Crippen LogP contribution in [0.4, 0.5) is 27.5 Å². The lowest BCUT2D eigenvalue weighted by Gasteiger charge is -2.27. The van der Waals surface area contributed by atoms with E-state index in [4.69, 9.17) is 4.74 Å². The molecular formula is C33H34N6O10. The van der Waals surface area contributed by atoms with Crippen molar-refractivity contribution in [2.75, 3.05) is 0 Å². The number of hydrogen-bond donors (Lipinski definition) is 1. The van der Waals surface area contributed by atoms with E-state index in [2.05, 4.69) is 5.32 Å². The van der Waals surface area contributed by atoms with Crippen LogP contribution in [0.2, 0.25) is 0 Å². The van der Waals surface area contributed by atoms with Crippen molar-refractivity contribution in [2.24, 2.45) is 0 Å².